The summed E-state index contributed by atoms with van der Waals surface area (Å²) in [5, 5.41) is 12.5. The van der Waals surface area contributed by atoms with Gasteiger partial charge in [-0.3, -0.25) is 9.10 Å². The van der Waals surface area contributed by atoms with Gasteiger partial charge < -0.3 is 10.4 Å². The first-order valence-electron chi connectivity index (χ1n) is 9.58. The third kappa shape index (κ3) is 4.54. The van der Waals surface area contributed by atoms with Crippen molar-refractivity contribution in [3.8, 4) is 0 Å². The summed E-state index contributed by atoms with van der Waals surface area (Å²) in [4.78, 5) is 12.6. The van der Waals surface area contributed by atoms with Gasteiger partial charge in [-0.1, -0.05) is 18.2 Å². The molecule has 1 fully saturated rings. The molecule has 2 aromatic carbocycles. The van der Waals surface area contributed by atoms with Gasteiger partial charge in [-0.15, -0.1) is 0 Å². The van der Waals surface area contributed by atoms with Gasteiger partial charge in [0.05, 0.1) is 16.7 Å². The van der Waals surface area contributed by atoms with Gasteiger partial charge in [0.1, 0.15) is 0 Å². The average Bonchev–Trinajstić information content (AvgIpc) is 2.71. The van der Waals surface area contributed by atoms with Crippen molar-refractivity contribution < 1.29 is 18.3 Å². The largest absolute Gasteiger partial charge is 0.393 e. The van der Waals surface area contributed by atoms with Crippen molar-refractivity contribution in [2.24, 2.45) is 0 Å². The number of carbonyl (C=O) groups excluding carboxylic acids is 1. The number of aliphatic hydroxyl groups excluding tert-OH is 1. The number of amides is 1. The second-order valence-electron chi connectivity index (χ2n) is 7.01. The fourth-order valence-corrected chi connectivity index (χ4v) is 4.95. The van der Waals surface area contributed by atoms with Crippen molar-refractivity contribution in [3.63, 3.8) is 0 Å². The SMILES string of the molecule is CCN(c1ccccc1)S(=O)(=O)c1ccc(C(=O)NC2CCC(O)CC2)cc1. The number of benzene rings is 2. The molecule has 0 aromatic heterocycles. The minimum atomic E-state index is -3.71. The third-order valence-corrected chi connectivity index (χ3v) is 6.98. The molecule has 1 saturated carbocycles. The van der Waals surface area contributed by atoms with Crippen LogP contribution in [0, 0.1) is 0 Å². The molecule has 0 bridgehead atoms. The van der Waals surface area contributed by atoms with E-state index in [9.17, 15) is 18.3 Å². The Hall–Kier alpha value is -2.38. The first-order chi connectivity index (χ1) is 13.4. The molecule has 0 unspecified atom stereocenters. The Labute approximate surface area is 166 Å². The van der Waals surface area contributed by atoms with Crippen LogP contribution >= 0.6 is 0 Å². The van der Waals surface area contributed by atoms with Crippen LogP contribution < -0.4 is 9.62 Å². The van der Waals surface area contributed by atoms with Crippen molar-refractivity contribution >= 4 is 21.6 Å². The van der Waals surface area contributed by atoms with E-state index in [1.54, 1.807) is 43.3 Å². The van der Waals surface area contributed by atoms with Gasteiger partial charge in [-0.2, -0.15) is 0 Å². The van der Waals surface area contributed by atoms with Gasteiger partial charge in [0.25, 0.3) is 15.9 Å². The van der Waals surface area contributed by atoms with Crippen LogP contribution in [0.1, 0.15) is 43.0 Å². The molecule has 2 N–H and O–H groups in total. The van der Waals surface area contributed by atoms with E-state index >= 15 is 0 Å². The number of anilines is 1. The first-order valence-corrected chi connectivity index (χ1v) is 11.0. The molecule has 0 radical (unpaired) electrons. The van der Waals surface area contributed by atoms with Gasteiger partial charge >= 0.3 is 0 Å². The van der Waals surface area contributed by atoms with Crippen molar-refractivity contribution in [2.45, 2.75) is 49.6 Å². The van der Waals surface area contributed by atoms with Crippen LogP contribution in [-0.2, 0) is 10.0 Å². The Balaban J connectivity index is 1.73. The Morgan fingerprint density at radius 1 is 1.04 bits per heavy atom. The molecular weight excluding hydrogens is 376 g/mol. The molecule has 7 heteroatoms. The van der Waals surface area contributed by atoms with E-state index in [1.165, 1.54) is 16.4 Å². The zero-order chi connectivity index (χ0) is 20.1. The summed E-state index contributed by atoms with van der Waals surface area (Å²) in [6.45, 7) is 2.09. The molecular formula is C21H26N2O4S. The van der Waals surface area contributed by atoms with Crippen molar-refractivity contribution in [1.29, 1.82) is 0 Å². The van der Waals surface area contributed by atoms with E-state index in [0.717, 1.165) is 12.8 Å². The topological polar surface area (TPSA) is 86.7 Å². The maximum absolute atomic E-state index is 13.0. The Morgan fingerprint density at radius 2 is 1.64 bits per heavy atom. The van der Waals surface area contributed by atoms with Gasteiger partial charge in [0, 0.05) is 18.2 Å². The molecule has 6 nitrogen and oxygen atoms in total. The van der Waals surface area contributed by atoms with Gasteiger partial charge in [0.2, 0.25) is 0 Å². The van der Waals surface area contributed by atoms with Crippen molar-refractivity contribution in [1.82, 2.24) is 5.32 Å². The lowest BCUT2D eigenvalue weighted by atomic mass is 9.93. The van der Waals surface area contributed by atoms with Gasteiger partial charge in [-0.25, -0.2) is 8.42 Å². The van der Waals surface area contributed by atoms with Crippen LogP contribution in [0.15, 0.2) is 59.5 Å². The summed E-state index contributed by atoms with van der Waals surface area (Å²) in [5.41, 5.74) is 1.03. The summed E-state index contributed by atoms with van der Waals surface area (Å²) >= 11 is 0. The Morgan fingerprint density at radius 3 is 2.21 bits per heavy atom. The zero-order valence-corrected chi connectivity index (χ0v) is 16.7. The standard InChI is InChI=1S/C21H26N2O4S/c1-2-23(18-6-4-3-5-7-18)28(26,27)20-14-8-16(9-15-20)21(25)22-17-10-12-19(24)13-11-17/h3-9,14-15,17,19,24H,2,10-13H2,1H3,(H,22,25). The minimum Gasteiger partial charge on any atom is -0.393 e. The van der Waals surface area contributed by atoms with E-state index in [1.807, 2.05) is 6.07 Å². The number of para-hydroxylation sites is 1. The van der Waals surface area contributed by atoms with Crippen LogP contribution in [0.25, 0.3) is 0 Å². The second kappa shape index (κ2) is 8.75. The molecule has 0 heterocycles. The molecule has 1 amide bonds. The fraction of sp³-hybridized carbons (Fsp3) is 0.381. The van der Waals surface area contributed by atoms with E-state index < -0.39 is 10.0 Å². The summed E-state index contributed by atoms with van der Waals surface area (Å²) in [7, 11) is -3.71. The van der Waals surface area contributed by atoms with E-state index in [4.69, 9.17) is 0 Å². The number of nitrogens with one attached hydrogen (secondary N) is 1. The van der Waals surface area contributed by atoms with Crippen molar-refractivity contribution in [2.75, 3.05) is 10.8 Å². The molecule has 0 atom stereocenters. The van der Waals surface area contributed by atoms with Crippen molar-refractivity contribution in [3.05, 3.63) is 60.2 Å². The maximum atomic E-state index is 13.0. The number of carbonyl (C=O) groups is 1. The van der Waals surface area contributed by atoms with Crippen LogP contribution in [-0.4, -0.2) is 38.1 Å². The summed E-state index contributed by atoms with van der Waals surface area (Å²) in [6, 6.07) is 15.0. The molecule has 2 aromatic rings. The van der Waals surface area contributed by atoms with E-state index in [-0.39, 0.29) is 22.9 Å². The molecule has 28 heavy (non-hydrogen) atoms. The molecule has 150 valence electrons. The fourth-order valence-electron chi connectivity index (χ4n) is 3.48. The molecule has 1 aliphatic carbocycles. The van der Waals surface area contributed by atoms with Crippen LogP contribution in [0.2, 0.25) is 0 Å². The quantitative estimate of drug-likeness (QED) is 0.778. The lowest BCUT2D eigenvalue weighted by Crippen LogP contribution is -2.38. The molecule has 1 aliphatic rings. The lowest BCUT2D eigenvalue weighted by molar-refractivity contribution is 0.0867. The highest BCUT2D eigenvalue weighted by Gasteiger charge is 2.24. The summed E-state index contributed by atoms with van der Waals surface area (Å²) < 4.78 is 27.3. The molecule has 0 saturated heterocycles. The highest BCUT2D eigenvalue weighted by molar-refractivity contribution is 7.92. The minimum absolute atomic E-state index is 0.0490. The number of rotatable bonds is 6. The van der Waals surface area contributed by atoms with Crippen LogP contribution in [0.5, 0.6) is 0 Å². The monoisotopic (exact) mass is 402 g/mol. The highest BCUT2D eigenvalue weighted by atomic mass is 32.2. The number of hydrogen-bond acceptors (Lipinski definition) is 4. The average molecular weight is 403 g/mol. The zero-order valence-electron chi connectivity index (χ0n) is 15.9. The summed E-state index contributed by atoms with van der Waals surface area (Å²) in [6.07, 6.45) is 2.61. The number of hydrogen-bond donors (Lipinski definition) is 2. The van der Waals surface area contributed by atoms with Crippen LogP contribution in [0.4, 0.5) is 5.69 Å². The highest BCUT2D eigenvalue weighted by Crippen LogP contribution is 2.24. The van der Waals surface area contributed by atoms with Gasteiger partial charge in [0.15, 0.2) is 0 Å². The smallest absolute Gasteiger partial charge is 0.264 e. The summed E-state index contributed by atoms with van der Waals surface area (Å²) in [5.74, 6) is -0.222. The Bertz CT molecular complexity index is 890. The molecule has 0 spiro atoms. The second-order valence-corrected chi connectivity index (χ2v) is 8.87. The predicted octanol–water partition coefficient (Wildman–Crippen LogP) is 2.94. The predicted molar refractivity (Wildman–Crippen MR) is 109 cm³/mol. The third-order valence-electron chi connectivity index (χ3n) is 5.07. The van der Waals surface area contributed by atoms with Gasteiger partial charge in [-0.05, 0) is 69.0 Å². The van der Waals surface area contributed by atoms with E-state index in [2.05, 4.69) is 5.32 Å². The number of aliphatic hydroxyl groups is 1. The number of sulfonamides is 1. The lowest BCUT2D eigenvalue weighted by Gasteiger charge is -2.26. The van der Waals surface area contributed by atoms with Crippen LogP contribution in [0.3, 0.4) is 0 Å². The molecule has 3 rings (SSSR count). The van der Waals surface area contributed by atoms with E-state index in [0.29, 0.717) is 30.6 Å². The maximum Gasteiger partial charge on any atom is 0.264 e. The Kier molecular flexibility index (Phi) is 6.36. The molecule has 0 aliphatic heterocycles. The first kappa shape index (κ1) is 20.4. The number of nitrogens with zero attached hydrogens (tertiary/aromatic N) is 1. The normalized spacial score (nSPS) is 19.8.